The van der Waals surface area contributed by atoms with E-state index in [9.17, 15) is 4.79 Å². The summed E-state index contributed by atoms with van der Waals surface area (Å²) in [5.74, 6) is 5.68. The van der Waals surface area contributed by atoms with E-state index in [4.69, 9.17) is 5.84 Å². The summed E-state index contributed by atoms with van der Waals surface area (Å²) < 4.78 is 1.10. The van der Waals surface area contributed by atoms with Crippen LogP contribution in [-0.4, -0.2) is 17.4 Å². The number of nitrogen functional groups attached to an aromatic ring is 1. The Morgan fingerprint density at radius 2 is 2.25 bits per heavy atom. The van der Waals surface area contributed by atoms with Crippen LogP contribution in [0.25, 0.3) is 0 Å². The van der Waals surface area contributed by atoms with Gasteiger partial charge in [0.05, 0.1) is 3.79 Å². The van der Waals surface area contributed by atoms with Gasteiger partial charge in [-0.25, -0.2) is 10.8 Å². The molecule has 0 unspecified atom stereocenters. The third-order valence-electron chi connectivity index (χ3n) is 2.65. The van der Waals surface area contributed by atoms with E-state index in [-0.39, 0.29) is 5.91 Å². The predicted molar refractivity (Wildman–Crippen MR) is 84.8 cm³/mol. The summed E-state index contributed by atoms with van der Waals surface area (Å²) >= 11 is 5.09. The molecule has 106 valence electrons. The standard InChI is InChI=1S/C13H15BrN4OS/c1-8-6-9(7-12(17-8)18-15)13(19)16-5-4-10-2-3-11(14)20-10/h2-3,6-7H,4-5,15H2,1H3,(H,16,19)(H,17,18). The van der Waals surface area contributed by atoms with Crippen molar-refractivity contribution in [1.82, 2.24) is 10.3 Å². The molecular formula is C13H15BrN4OS. The Morgan fingerprint density at radius 3 is 2.90 bits per heavy atom. The topological polar surface area (TPSA) is 80.0 Å². The minimum atomic E-state index is -0.123. The highest BCUT2D eigenvalue weighted by Gasteiger charge is 2.08. The number of carbonyl (C=O) groups excluding carboxylic acids is 1. The maximum atomic E-state index is 12.0. The smallest absolute Gasteiger partial charge is 0.251 e. The van der Waals surface area contributed by atoms with E-state index in [1.165, 1.54) is 4.88 Å². The van der Waals surface area contributed by atoms with E-state index in [0.29, 0.717) is 17.9 Å². The molecule has 0 radical (unpaired) electrons. The van der Waals surface area contributed by atoms with E-state index in [0.717, 1.165) is 15.9 Å². The molecule has 0 aliphatic carbocycles. The SMILES string of the molecule is Cc1cc(C(=O)NCCc2ccc(Br)s2)cc(NN)n1. The summed E-state index contributed by atoms with van der Waals surface area (Å²) in [7, 11) is 0. The van der Waals surface area contributed by atoms with E-state index in [1.807, 2.05) is 19.1 Å². The van der Waals surface area contributed by atoms with Gasteiger partial charge in [-0.15, -0.1) is 11.3 Å². The zero-order valence-electron chi connectivity index (χ0n) is 10.9. The average Bonchev–Trinajstić information content (AvgIpc) is 2.83. The minimum absolute atomic E-state index is 0.123. The summed E-state index contributed by atoms with van der Waals surface area (Å²) in [5, 5.41) is 2.89. The number of nitrogens with zero attached hydrogens (tertiary/aromatic N) is 1. The Labute approximate surface area is 129 Å². The number of nitrogens with two attached hydrogens (primary N) is 1. The van der Waals surface area contributed by atoms with E-state index in [1.54, 1.807) is 23.5 Å². The van der Waals surface area contributed by atoms with Crippen LogP contribution < -0.4 is 16.6 Å². The maximum Gasteiger partial charge on any atom is 0.251 e. The van der Waals surface area contributed by atoms with Crippen LogP contribution in [0.1, 0.15) is 20.9 Å². The molecule has 0 aliphatic heterocycles. The van der Waals surface area contributed by atoms with Crippen LogP contribution >= 0.6 is 27.3 Å². The first-order valence-corrected chi connectivity index (χ1v) is 7.67. The zero-order valence-corrected chi connectivity index (χ0v) is 13.3. The van der Waals surface area contributed by atoms with Crippen LogP contribution in [0.5, 0.6) is 0 Å². The van der Waals surface area contributed by atoms with Gasteiger partial charge in [-0.2, -0.15) is 0 Å². The Hall–Kier alpha value is -1.44. The molecule has 1 amide bonds. The lowest BCUT2D eigenvalue weighted by Gasteiger charge is -2.07. The van der Waals surface area contributed by atoms with Gasteiger partial charge < -0.3 is 10.7 Å². The second-order valence-corrected chi connectivity index (χ2v) is 6.79. The normalized spacial score (nSPS) is 10.3. The molecule has 20 heavy (non-hydrogen) atoms. The molecule has 0 saturated heterocycles. The molecular weight excluding hydrogens is 340 g/mol. The van der Waals surface area contributed by atoms with Crippen LogP contribution in [0.4, 0.5) is 5.82 Å². The van der Waals surface area contributed by atoms with Crippen LogP contribution in [-0.2, 0) is 6.42 Å². The highest BCUT2D eigenvalue weighted by Crippen LogP contribution is 2.22. The van der Waals surface area contributed by atoms with Crippen molar-refractivity contribution < 1.29 is 4.79 Å². The van der Waals surface area contributed by atoms with Gasteiger partial charge in [-0.05, 0) is 53.5 Å². The largest absolute Gasteiger partial charge is 0.352 e. The molecule has 2 aromatic rings. The monoisotopic (exact) mass is 354 g/mol. The second kappa shape index (κ2) is 6.83. The number of pyridine rings is 1. The number of aryl methyl sites for hydroxylation is 1. The fraction of sp³-hybridized carbons (Fsp3) is 0.231. The van der Waals surface area contributed by atoms with Gasteiger partial charge >= 0.3 is 0 Å². The third-order valence-corrected chi connectivity index (χ3v) is 4.33. The number of rotatable bonds is 5. The maximum absolute atomic E-state index is 12.0. The number of aromatic nitrogens is 1. The highest BCUT2D eigenvalue weighted by atomic mass is 79.9. The number of nitrogens with one attached hydrogen (secondary N) is 2. The van der Waals surface area contributed by atoms with Crippen molar-refractivity contribution in [3.8, 4) is 0 Å². The molecule has 0 spiro atoms. The third kappa shape index (κ3) is 4.03. The fourth-order valence-corrected chi connectivity index (χ4v) is 3.24. The van der Waals surface area contributed by atoms with Crippen LogP contribution in [0.15, 0.2) is 28.1 Å². The lowest BCUT2D eigenvalue weighted by Crippen LogP contribution is -2.26. The molecule has 0 aliphatic rings. The van der Waals surface area contributed by atoms with Gasteiger partial charge in [0.2, 0.25) is 0 Å². The number of hydrogen-bond acceptors (Lipinski definition) is 5. The highest BCUT2D eigenvalue weighted by molar-refractivity contribution is 9.11. The number of halogens is 1. The second-order valence-electron chi connectivity index (χ2n) is 4.24. The summed E-state index contributed by atoms with van der Waals surface area (Å²) in [4.78, 5) is 17.4. The molecule has 0 atom stereocenters. The van der Waals surface area contributed by atoms with Crippen molar-refractivity contribution in [3.63, 3.8) is 0 Å². The van der Waals surface area contributed by atoms with Gasteiger partial charge in [0.1, 0.15) is 5.82 Å². The van der Waals surface area contributed by atoms with E-state index < -0.39 is 0 Å². The molecule has 7 heteroatoms. The lowest BCUT2D eigenvalue weighted by molar-refractivity contribution is 0.0954. The number of carbonyl (C=O) groups is 1. The van der Waals surface area contributed by atoms with Gasteiger partial charge in [0.25, 0.3) is 5.91 Å². The van der Waals surface area contributed by atoms with Gasteiger partial charge in [0.15, 0.2) is 0 Å². The lowest BCUT2D eigenvalue weighted by atomic mass is 10.2. The van der Waals surface area contributed by atoms with Crippen molar-refractivity contribution in [2.45, 2.75) is 13.3 Å². The summed E-state index contributed by atoms with van der Waals surface area (Å²) in [6.07, 6.45) is 0.814. The Morgan fingerprint density at radius 1 is 1.45 bits per heavy atom. The van der Waals surface area contributed by atoms with Gasteiger partial charge in [-0.3, -0.25) is 4.79 Å². The zero-order chi connectivity index (χ0) is 14.5. The number of hydrazine groups is 1. The predicted octanol–water partition coefficient (Wildman–Crippen LogP) is 2.47. The summed E-state index contributed by atoms with van der Waals surface area (Å²) in [5.41, 5.74) is 3.75. The molecule has 0 saturated carbocycles. The quantitative estimate of drug-likeness (QED) is 0.569. The first-order chi connectivity index (χ1) is 9.58. The summed E-state index contributed by atoms with van der Waals surface area (Å²) in [6.45, 7) is 2.42. The Kier molecular flexibility index (Phi) is 5.11. The molecule has 4 N–H and O–H groups in total. The number of hydrogen-bond donors (Lipinski definition) is 3. The number of anilines is 1. The molecule has 2 rings (SSSR count). The molecule has 0 bridgehead atoms. The first-order valence-electron chi connectivity index (χ1n) is 6.06. The van der Waals surface area contributed by atoms with Gasteiger partial charge in [0, 0.05) is 22.7 Å². The number of thiophene rings is 1. The summed E-state index contributed by atoms with van der Waals surface area (Å²) in [6, 6.07) is 7.42. The van der Waals surface area contributed by atoms with Crippen LogP contribution in [0.2, 0.25) is 0 Å². The minimum Gasteiger partial charge on any atom is -0.352 e. The van der Waals surface area contributed by atoms with E-state index in [2.05, 4.69) is 31.7 Å². The van der Waals surface area contributed by atoms with Crippen LogP contribution in [0.3, 0.4) is 0 Å². The van der Waals surface area contributed by atoms with Crippen molar-refractivity contribution in [2.75, 3.05) is 12.0 Å². The molecule has 0 fully saturated rings. The fourth-order valence-electron chi connectivity index (χ4n) is 1.76. The number of amides is 1. The van der Waals surface area contributed by atoms with Crippen molar-refractivity contribution in [1.29, 1.82) is 0 Å². The van der Waals surface area contributed by atoms with Crippen molar-refractivity contribution in [3.05, 3.63) is 44.2 Å². The van der Waals surface area contributed by atoms with Crippen molar-refractivity contribution in [2.24, 2.45) is 5.84 Å². The van der Waals surface area contributed by atoms with Crippen LogP contribution in [0, 0.1) is 6.92 Å². The Balaban J connectivity index is 1.93. The van der Waals surface area contributed by atoms with Crippen molar-refractivity contribution >= 4 is 39.0 Å². The average molecular weight is 355 g/mol. The first kappa shape index (κ1) is 15.0. The molecule has 2 heterocycles. The Bertz CT molecular complexity index is 614. The molecule has 5 nitrogen and oxygen atoms in total. The van der Waals surface area contributed by atoms with E-state index >= 15 is 0 Å². The van der Waals surface area contributed by atoms with Gasteiger partial charge in [-0.1, -0.05) is 0 Å². The molecule has 0 aromatic carbocycles. The molecule has 2 aromatic heterocycles.